The third-order valence-electron chi connectivity index (χ3n) is 1.87. The van der Waals surface area contributed by atoms with E-state index in [4.69, 9.17) is 4.74 Å². The average Bonchev–Trinajstić information content (AvgIpc) is 2.18. The van der Waals surface area contributed by atoms with Crippen molar-refractivity contribution in [3.63, 3.8) is 0 Å². The van der Waals surface area contributed by atoms with E-state index in [9.17, 15) is 4.39 Å². The molecular weight excluding hydrogens is 169 g/mol. The lowest BCUT2D eigenvalue weighted by atomic mass is 10.2. The fourth-order valence-corrected chi connectivity index (χ4v) is 1.24. The molecule has 0 spiro atoms. The van der Waals surface area contributed by atoms with Crippen molar-refractivity contribution in [3.05, 3.63) is 36.3 Å². The molecule has 0 saturated carbocycles. The van der Waals surface area contributed by atoms with Gasteiger partial charge < -0.3 is 4.74 Å². The topological polar surface area (TPSA) is 22.1 Å². The molecule has 0 unspecified atom stereocenters. The van der Waals surface area contributed by atoms with E-state index in [1.807, 2.05) is 0 Å². The number of aromatic nitrogens is 1. The Balaban J connectivity index is 2.77. The predicted octanol–water partition coefficient (Wildman–Crippen LogP) is 2.38. The molecule has 0 aliphatic heterocycles. The van der Waals surface area contributed by atoms with E-state index in [2.05, 4.69) is 4.98 Å². The van der Waals surface area contributed by atoms with Crippen molar-refractivity contribution in [1.82, 2.24) is 4.98 Å². The number of nitrogens with zero attached hydrogens (tertiary/aromatic N) is 1. The molecule has 66 valence electrons. The average molecular weight is 177 g/mol. The van der Waals surface area contributed by atoms with Gasteiger partial charge in [-0.2, -0.15) is 0 Å². The number of halogens is 1. The van der Waals surface area contributed by atoms with Crippen LogP contribution in [0.25, 0.3) is 10.9 Å². The lowest BCUT2D eigenvalue weighted by Crippen LogP contribution is -1.87. The fraction of sp³-hybridized carbons (Fsp3) is 0.100. The zero-order valence-corrected chi connectivity index (χ0v) is 7.12. The maximum atomic E-state index is 13.3. The van der Waals surface area contributed by atoms with Gasteiger partial charge in [-0.05, 0) is 12.1 Å². The van der Waals surface area contributed by atoms with Crippen LogP contribution in [-0.2, 0) is 0 Å². The van der Waals surface area contributed by atoms with Gasteiger partial charge in [-0.3, -0.25) is 4.98 Å². The van der Waals surface area contributed by atoms with Crippen LogP contribution in [0, 0.1) is 5.82 Å². The van der Waals surface area contributed by atoms with Crippen molar-refractivity contribution in [2.45, 2.75) is 0 Å². The van der Waals surface area contributed by atoms with Crippen LogP contribution in [0.1, 0.15) is 0 Å². The summed E-state index contributed by atoms with van der Waals surface area (Å²) in [5.74, 6) is 0.160. The van der Waals surface area contributed by atoms with E-state index in [0.717, 1.165) is 5.39 Å². The van der Waals surface area contributed by atoms with Crippen LogP contribution < -0.4 is 4.74 Å². The molecule has 13 heavy (non-hydrogen) atoms. The molecule has 1 heterocycles. The van der Waals surface area contributed by atoms with Crippen LogP contribution >= 0.6 is 0 Å². The summed E-state index contributed by atoms with van der Waals surface area (Å²) in [6, 6.07) is 6.65. The van der Waals surface area contributed by atoms with Crippen molar-refractivity contribution >= 4 is 10.9 Å². The Hall–Kier alpha value is -1.64. The monoisotopic (exact) mass is 177 g/mol. The van der Waals surface area contributed by atoms with Crippen molar-refractivity contribution in [2.75, 3.05) is 7.11 Å². The zero-order valence-electron chi connectivity index (χ0n) is 7.12. The van der Waals surface area contributed by atoms with Crippen LogP contribution in [0.5, 0.6) is 5.75 Å². The maximum absolute atomic E-state index is 13.3. The summed E-state index contributed by atoms with van der Waals surface area (Å²) in [4.78, 5) is 3.93. The van der Waals surface area contributed by atoms with Crippen LogP contribution in [0.15, 0.2) is 30.5 Å². The molecule has 0 aliphatic carbocycles. The SMILES string of the molecule is COc1cc(F)c2ncccc2c1. The first-order chi connectivity index (χ1) is 6.31. The molecule has 3 heteroatoms. The van der Waals surface area contributed by atoms with Crippen LogP contribution in [0.3, 0.4) is 0 Å². The Morgan fingerprint density at radius 2 is 2.23 bits per heavy atom. The molecule has 0 saturated heterocycles. The van der Waals surface area contributed by atoms with E-state index in [-0.39, 0.29) is 5.82 Å². The number of hydrogen-bond acceptors (Lipinski definition) is 2. The molecule has 1 aromatic carbocycles. The summed E-state index contributed by atoms with van der Waals surface area (Å²) < 4.78 is 18.2. The van der Waals surface area contributed by atoms with E-state index >= 15 is 0 Å². The summed E-state index contributed by atoms with van der Waals surface area (Å²) in [6.45, 7) is 0. The number of ether oxygens (including phenoxy) is 1. The van der Waals surface area contributed by atoms with Gasteiger partial charge in [0.1, 0.15) is 11.3 Å². The highest BCUT2D eigenvalue weighted by atomic mass is 19.1. The standard InChI is InChI=1S/C10H8FNO/c1-13-8-5-7-3-2-4-12-10(7)9(11)6-8/h2-6H,1H3. The van der Waals surface area contributed by atoms with Gasteiger partial charge in [-0.1, -0.05) is 6.07 Å². The van der Waals surface area contributed by atoms with Crippen LogP contribution in [0.4, 0.5) is 4.39 Å². The van der Waals surface area contributed by atoms with Gasteiger partial charge in [0.05, 0.1) is 7.11 Å². The summed E-state index contributed by atoms with van der Waals surface area (Å²) >= 11 is 0. The molecule has 0 aliphatic rings. The highest BCUT2D eigenvalue weighted by Crippen LogP contribution is 2.21. The second-order valence-corrected chi connectivity index (χ2v) is 2.68. The molecule has 0 fully saturated rings. The molecule has 0 N–H and O–H groups in total. The number of rotatable bonds is 1. The molecule has 2 aromatic rings. The maximum Gasteiger partial charge on any atom is 0.153 e. The molecule has 0 radical (unpaired) electrons. The number of hydrogen-bond donors (Lipinski definition) is 0. The van der Waals surface area contributed by atoms with E-state index < -0.39 is 0 Å². The third kappa shape index (κ3) is 1.33. The lowest BCUT2D eigenvalue weighted by Gasteiger charge is -2.02. The normalized spacial score (nSPS) is 10.3. The summed E-state index contributed by atoms with van der Waals surface area (Å²) in [6.07, 6.45) is 1.57. The first-order valence-corrected chi connectivity index (χ1v) is 3.89. The Bertz CT molecular complexity index is 442. The minimum atomic E-state index is -0.352. The fourth-order valence-electron chi connectivity index (χ4n) is 1.24. The Labute approximate surface area is 75.0 Å². The second kappa shape index (κ2) is 3.01. The number of benzene rings is 1. The largest absolute Gasteiger partial charge is 0.497 e. The van der Waals surface area contributed by atoms with Crippen LogP contribution in [0.2, 0.25) is 0 Å². The summed E-state index contributed by atoms with van der Waals surface area (Å²) in [5, 5.41) is 0.749. The first kappa shape index (κ1) is 7.98. The van der Waals surface area contributed by atoms with Gasteiger partial charge in [0.2, 0.25) is 0 Å². The van der Waals surface area contributed by atoms with Gasteiger partial charge in [-0.15, -0.1) is 0 Å². The number of pyridine rings is 1. The second-order valence-electron chi connectivity index (χ2n) is 2.68. The number of methoxy groups -OCH3 is 1. The molecule has 1 aromatic heterocycles. The predicted molar refractivity (Wildman–Crippen MR) is 48.3 cm³/mol. The summed E-state index contributed by atoms with van der Waals surface area (Å²) in [5.41, 5.74) is 0.378. The molecule has 0 atom stereocenters. The van der Waals surface area contributed by atoms with Gasteiger partial charge in [0, 0.05) is 17.6 Å². The van der Waals surface area contributed by atoms with Crippen molar-refractivity contribution in [3.8, 4) is 5.75 Å². The lowest BCUT2D eigenvalue weighted by molar-refractivity contribution is 0.412. The van der Waals surface area contributed by atoms with E-state index in [0.29, 0.717) is 11.3 Å². The highest BCUT2D eigenvalue weighted by molar-refractivity contribution is 5.80. The van der Waals surface area contributed by atoms with Crippen molar-refractivity contribution in [1.29, 1.82) is 0 Å². The quantitative estimate of drug-likeness (QED) is 0.667. The van der Waals surface area contributed by atoms with Gasteiger partial charge in [0.15, 0.2) is 5.82 Å². The smallest absolute Gasteiger partial charge is 0.153 e. The van der Waals surface area contributed by atoms with Crippen molar-refractivity contribution in [2.24, 2.45) is 0 Å². The van der Waals surface area contributed by atoms with Crippen LogP contribution in [-0.4, -0.2) is 12.1 Å². The Morgan fingerprint density at radius 3 is 3.00 bits per heavy atom. The van der Waals surface area contributed by atoms with Gasteiger partial charge in [-0.25, -0.2) is 4.39 Å². The Kier molecular flexibility index (Phi) is 1.85. The highest BCUT2D eigenvalue weighted by Gasteiger charge is 2.03. The molecular formula is C10H8FNO. The molecule has 2 nitrogen and oxygen atoms in total. The molecule has 2 rings (SSSR count). The molecule has 0 amide bonds. The first-order valence-electron chi connectivity index (χ1n) is 3.89. The van der Waals surface area contributed by atoms with E-state index in [1.165, 1.54) is 13.2 Å². The minimum absolute atomic E-state index is 0.352. The van der Waals surface area contributed by atoms with E-state index in [1.54, 1.807) is 24.4 Å². The third-order valence-corrected chi connectivity index (χ3v) is 1.87. The number of fused-ring (bicyclic) bond motifs is 1. The van der Waals surface area contributed by atoms with Gasteiger partial charge in [0.25, 0.3) is 0 Å². The zero-order chi connectivity index (χ0) is 9.26. The van der Waals surface area contributed by atoms with Gasteiger partial charge >= 0.3 is 0 Å². The molecule has 0 bridgehead atoms. The minimum Gasteiger partial charge on any atom is -0.497 e. The van der Waals surface area contributed by atoms with Crippen molar-refractivity contribution < 1.29 is 9.13 Å². The summed E-state index contributed by atoms with van der Waals surface area (Å²) in [7, 11) is 1.51. The Morgan fingerprint density at radius 1 is 1.38 bits per heavy atom.